The highest BCUT2D eigenvalue weighted by molar-refractivity contribution is 8.01. The lowest BCUT2D eigenvalue weighted by Crippen LogP contribution is -2.47. The van der Waals surface area contributed by atoms with Gasteiger partial charge >= 0.3 is 5.97 Å². The summed E-state index contributed by atoms with van der Waals surface area (Å²) in [6.45, 7) is 0.564. The normalized spacial score (nSPS) is 20.9. The number of carbonyl (C=O) groups is 1. The van der Waals surface area contributed by atoms with Crippen LogP contribution in [0.15, 0.2) is 5.38 Å². The van der Waals surface area contributed by atoms with Gasteiger partial charge in [-0.15, -0.1) is 11.3 Å². The number of hydrogen-bond acceptors (Lipinski definition) is 7. The maximum atomic E-state index is 11.7. The molecule has 0 aliphatic carbocycles. The number of anilines is 1. The monoisotopic (exact) mass is 308 g/mol. The second kappa shape index (κ2) is 5.06. The largest absolute Gasteiger partial charge is 0.476 e. The number of thioether (sulfide) groups is 1. The first kappa shape index (κ1) is 13.6. The molecule has 1 aliphatic rings. The Morgan fingerprint density at radius 2 is 2.33 bits per heavy atom. The predicted octanol–water partition coefficient (Wildman–Crippen LogP) is 0.765. The predicted molar refractivity (Wildman–Crippen MR) is 72.4 cm³/mol. The second-order valence-electron chi connectivity index (χ2n) is 3.87. The van der Waals surface area contributed by atoms with Crippen molar-refractivity contribution in [3.8, 4) is 0 Å². The van der Waals surface area contributed by atoms with Gasteiger partial charge in [0.1, 0.15) is 5.37 Å². The van der Waals surface area contributed by atoms with Crippen LogP contribution in [0.5, 0.6) is 0 Å². The summed E-state index contributed by atoms with van der Waals surface area (Å²) in [5.74, 6) is 0.203. The number of carboxylic acid groups (broad SMARTS) is 1. The quantitative estimate of drug-likeness (QED) is 0.882. The molecule has 9 heteroatoms. The van der Waals surface area contributed by atoms with E-state index in [0.29, 0.717) is 17.4 Å². The van der Waals surface area contributed by atoms with Crippen LogP contribution in [-0.2, 0) is 9.84 Å². The van der Waals surface area contributed by atoms with Crippen LogP contribution in [0.1, 0.15) is 10.5 Å². The van der Waals surface area contributed by atoms with Crippen LogP contribution in [0.3, 0.4) is 0 Å². The molecule has 0 bridgehead atoms. The Balaban J connectivity index is 2.31. The van der Waals surface area contributed by atoms with E-state index >= 15 is 0 Å². The Morgan fingerprint density at radius 3 is 2.89 bits per heavy atom. The SMILES string of the molecule is CS(=O)(=O)C1CSCCN1c1nc(C(=O)O)cs1. The first-order valence-electron chi connectivity index (χ1n) is 5.11. The van der Waals surface area contributed by atoms with Crippen molar-refractivity contribution >= 4 is 44.0 Å². The number of aromatic carboxylic acids is 1. The van der Waals surface area contributed by atoms with E-state index in [0.717, 1.165) is 17.1 Å². The Bertz CT molecular complexity index is 554. The Hall–Kier alpha value is -0.800. The average molecular weight is 308 g/mol. The molecule has 1 aromatic rings. The molecule has 1 saturated heterocycles. The van der Waals surface area contributed by atoms with Crippen molar-refractivity contribution in [3.05, 3.63) is 11.1 Å². The van der Waals surface area contributed by atoms with Gasteiger partial charge in [0.15, 0.2) is 20.7 Å². The molecule has 18 heavy (non-hydrogen) atoms. The fourth-order valence-corrected chi connectivity index (χ4v) is 5.41. The lowest BCUT2D eigenvalue weighted by molar-refractivity contribution is 0.0691. The third-order valence-corrected chi connectivity index (χ3v) is 6.06. The van der Waals surface area contributed by atoms with Crippen molar-refractivity contribution in [1.82, 2.24) is 4.98 Å². The molecule has 0 saturated carbocycles. The summed E-state index contributed by atoms with van der Waals surface area (Å²) >= 11 is 2.75. The van der Waals surface area contributed by atoms with Gasteiger partial charge in [0.05, 0.1) is 0 Å². The molecule has 1 N–H and O–H groups in total. The van der Waals surface area contributed by atoms with Crippen LogP contribution in [0, 0.1) is 0 Å². The number of aromatic nitrogens is 1. The van der Waals surface area contributed by atoms with Gasteiger partial charge in [0.2, 0.25) is 0 Å². The molecule has 0 radical (unpaired) electrons. The number of carboxylic acids is 1. The molecule has 2 heterocycles. The maximum Gasteiger partial charge on any atom is 0.355 e. The van der Waals surface area contributed by atoms with Crippen LogP contribution < -0.4 is 4.90 Å². The van der Waals surface area contributed by atoms with E-state index in [-0.39, 0.29) is 5.69 Å². The molecule has 1 unspecified atom stereocenters. The second-order valence-corrected chi connectivity index (χ2v) is 8.06. The Morgan fingerprint density at radius 1 is 1.61 bits per heavy atom. The van der Waals surface area contributed by atoms with Gasteiger partial charge in [0, 0.05) is 29.7 Å². The molecule has 0 aromatic carbocycles. The third-order valence-electron chi connectivity index (χ3n) is 2.54. The molecule has 100 valence electrons. The summed E-state index contributed by atoms with van der Waals surface area (Å²) < 4.78 is 23.4. The van der Waals surface area contributed by atoms with E-state index in [4.69, 9.17) is 5.11 Å². The van der Waals surface area contributed by atoms with Crippen LogP contribution >= 0.6 is 23.1 Å². The van der Waals surface area contributed by atoms with E-state index in [1.165, 1.54) is 11.6 Å². The van der Waals surface area contributed by atoms with Crippen molar-refractivity contribution < 1.29 is 18.3 Å². The zero-order valence-corrected chi connectivity index (χ0v) is 12.0. The van der Waals surface area contributed by atoms with Gasteiger partial charge in [-0.3, -0.25) is 0 Å². The molecule has 2 rings (SSSR count). The summed E-state index contributed by atoms with van der Waals surface area (Å²) in [6.07, 6.45) is 1.20. The van der Waals surface area contributed by atoms with Crippen molar-refractivity contribution in [2.24, 2.45) is 0 Å². The lowest BCUT2D eigenvalue weighted by atomic mass is 10.5. The fraction of sp³-hybridized carbons (Fsp3) is 0.556. The van der Waals surface area contributed by atoms with Gasteiger partial charge in [-0.05, 0) is 0 Å². The molecule has 1 aliphatic heterocycles. The summed E-state index contributed by atoms with van der Waals surface area (Å²) in [7, 11) is -3.21. The highest BCUT2D eigenvalue weighted by atomic mass is 32.2. The smallest absolute Gasteiger partial charge is 0.355 e. The molecular weight excluding hydrogens is 296 g/mol. The van der Waals surface area contributed by atoms with Gasteiger partial charge in [0.25, 0.3) is 0 Å². The van der Waals surface area contributed by atoms with Gasteiger partial charge in [-0.2, -0.15) is 11.8 Å². The standard InChI is InChI=1S/C9H12N2O4S3/c1-18(14,15)7-5-16-3-2-11(7)9-10-6(4-17-9)8(12)13/h4,7H,2-3,5H2,1H3,(H,12,13). The van der Waals surface area contributed by atoms with Crippen molar-refractivity contribution in [1.29, 1.82) is 0 Å². The number of sulfone groups is 1. The van der Waals surface area contributed by atoms with Crippen LogP contribution in [0.2, 0.25) is 0 Å². The molecule has 1 fully saturated rings. The first-order valence-corrected chi connectivity index (χ1v) is 9.10. The minimum atomic E-state index is -3.21. The lowest BCUT2D eigenvalue weighted by Gasteiger charge is -2.33. The molecule has 6 nitrogen and oxygen atoms in total. The zero-order chi connectivity index (χ0) is 13.3. The minimum absolute atomic E-state index is 0.0412. The summed E-state index contributed by atoms with van der Waals surface area (Å²) in [6, 6.07) is 0. The van der Waals surface area contributed by atoms with E-state index in [9.17, 15) is 13.2 Å². The zero-order valence-electron chi connectivity index (χ0n) is 9.57. The molecular formula is C9H12N2O4S3. The first-order chi connectivity index (χ1) is 8.39. The Labute approximate surface area is 113 Å². The van der Waals surface area contributed by atoms with E-state index in [1.807, 2.05) is 0 Å². The molecule has 0 amide bonds. The van der Waals surface area contributed by atoms with Gasteiger partial charge < -0.3 is 10.0 Å². The van der Waals surface area contributed by atoms with Crippen LogP contribution in [0.25, 0.3) is 0 Å². The number of thiazole rings is 1. The van der Waals surface area contributed by atoms with Crippen molar-refractivity contribution in [2.45, 2.75) is 5.37 Å². The number of hydrogen-bond donors (Lipinski definition) is 1. The number of nitrogens with zero attached hydrogens (tertiary/aromatic N) is 2. The fourth-order valence-electron chi connectivity index (χ4n) is 1.65. The minimum Gasteiger partial charge on any atom is -0.476 e. The van der Waals surface area contributed by atoms with Crippen molar-refractivity contribution in [3.63, 3.8) is 0 Å². The Kier molecular flexibility index (Phi) is 3.83. The summed E-state index contributed by atoms with van der Waals surface area (Å²) in [5.41, 5.74) is -0.0412. The highest BCUT2D eigenvalue weighted by Gasteiger charge is 2.32. The van der Waals surface area contributed by atoms with Gasteiger partial charge in [-0.1, -0.05) is 0 Å². The topological polar surface area (TPSA) is 87.6 Å². The van der Waals surface area contributed by atoms with Crippen LogP contribution in [0.4, 0.5) is 5.13 Å². The third kappa shape index (κ3) is 2.78. The summed E-state index contributed by atoms with van der Waals surface area (Å²) in [4.78, 5) is 16.4. The van der Waals surface area contributed by atoms with Crippen LogP contribution in [-0.4, -0.2) is 54.2 Å². The van der Waals surface area contributed by atoms with E-state index in [1.54, 1.807) is 16.7 Å². The highest BCUT2D eigenvalue weighted by Crippen LogP contribution is 2.29. The summed E-state index contributed by atoms with van der Waals surface area (Å²) in [5, 5.41) is 10.1. The molecule has 0 spiro atoms. The number of rotatable bonds is 3. The maximum absolute atomic E-state index is 11.7. The molecule has 1 aromatic heterocycles. The van der Waals surface area contributed by atoms with Crippen molar-refractivity contribution in [2.75, 3.05) is 29.2 Å². The van der Waals surface area contributed by atoms with E-state index in [2.05, 4.69) is 4.98 Å². The molecule has 1 atom stereocenters. The van der Waals surface area contributed by atoms with Gasteiger partial charge in [-0.25, -0.2) is 18.2 Å². The average Bonchev–Trinajstić information content (AvgIpc) is 2.77. The van der Waals surface area contributed by atoms with E-state index < -0.39 is 21.2 Å².